The molecule has 1 heterocycles. The van der Waals surface area contributed by atoms with Gasteiger partial charge < -0.3 is 5.73 Å². The summed E-state index contributed by atoms with van der Waals surface area (Å²) in [5, 5.41) is 10.2. The van der Waals surface area contributed by atoms with E-state index in [4.69, 9.17) is 5.73 Å². The summed E-state index contributed by atoms with van der Waals surface area (Å²) in [5.74, 6) is -2.92. The summed E-state index contributed by atoms with van der Waals surface area (Å²) in [6.45, 7) is 0. The molecule has 1 aliphatic carbocycles. The molecule has 1 atom stereocenters. The minimum Gasteiger partial charge on any atom is -0.316 e. The summed E-state index contributed by atoms with van der Waals surface area (Å²) in [5.41, 5.74) is 3.72. The molecular weight excluding hydrogens is 214 g/mol. The van der Waals surface area contributed by atoms with E-state index in [-0.39, 0.29) is 9.88 Å². The van der Waals surface area contributed by atoms with Crippen molar-refractivity contribution in [3.63, 3.8) is 0 Å². The van der Waals surface area contributed by atoms with Gasteiger partial charge in [-0.1, -0.05) is 11.3 Å². The third-order valence-corrected chi connectivity index (χ3v) is 3.45. The minimum absolute atomic E-state index is 0.160. The highest BCUT2D eigenvalue weighted by molar-refractivity contribution is 7.15. The summed E-state index contributed by atoms with van der Waals surface area (Å²) in [7, 11) is 0. The first-order valence-electron chi connectivity index (χ1n) is 3.78. The van der Waals surface area contributed by atoms with Crippen LogP contribution in [0.1, 0.15) is 11.3 Å². The Labute approximate surface area is 81.5 Å². The molecule has 0 radical (unpaired) electrons. The minimum atomic E-state index is -2.92. The van der Waals surface area contributed by atoms with Gasteiger partial charge in [-0.15, -0.1) is 0 Å². The normalized spacial score (nSPS) is 28.8. The number of nitro groups is 1. The van der Waals surface area contributed by atoms with Crippen molar-refractivity contribution < 1.29 is 13.7 Å². The summed E-state index contributed by atoms with van der Waals surface area (Å²) >= 11 is 0.709. The van der Waals surface area contributed by atoms with E-state index >= 15 is 0 Å². The number of thiophene rings is 1. The van der Waals surface area contributed by atoms with Gasteiger partial charge in [-0.05, 0) is 6.07 Å². The second-order valence-electron chi connectivity index (χ2n) is 3.25. The van der Waals surface area contributed by atoms with E-state index in [0.717, 1.165) is 0 Å². The quantitative estimate of drug-likeness (QED) is 0.610. The Morgan fingerprint density at radius 2 is 2.14 bits per heavy atom. The average molecular weight is 220 g/mol. The molecular formula is C7H6F2N2O2S. The van der Waals surface area contributed by atoms with Gasteiger partial charge in [0.1, 0.15) is 5.54 Å². The third-order valence-electron chi connectivity index (χ3n) is 2.24. The maximum absolute atomic E-state index is 12.8. The fraction of sp³-hybridized carbons (Fsp3) is 0.429. The zero-order valence-corrected chi connectivity index (χ0v) is 7.68. The molecule has 1 saturated carbocycles. The summed E-state index contributed by atoms with van der Waals surface area (Å²) in [6.07, 6.45) is -0.433. The fourth-order valence-corrected chi connectivity index (χ4v) is 2.21. The maximum atomic E-state index is 12.8. The highest BCUT2D eigenvalue weighted by atomic mass is 32.1. The van der Waals surface area contributed by atoms with Crippen LogP contribution in [0.5, 0.6) is 0 Å². The van der Waals surface area contributed by atoms with Crippen LogP contribution in [0.15, 0.2) is 12.1 Å². The van der Waals surface area contributed by atoms with E-state index in [1.807, 2.05) is 0 Å². The van der Waals surface area contributed by atoms with E-state index in [9.17, 15) is 18.9 Å². The number of nitrogens with two attached hydrogens (primary N) is 1. The van der Waals surface area contributed by atoms with Crippen LogP contribution in [0.4, 0.5) is 13.8 Å². The predicted molar refractivity (Wildman–Crippen MR) is 46.4 cm³/mol. The van der Waals surface area contributed by atoms with E-state index in [0.29, 0.717) is 11.3 Å². The maximum Gasteiger partial charge on any atom is 0.324 e. The molecule has 14 heavy (non-hydrogen) atoms. The Balaban J connectivity index is 2.32. The van der Waals surface area contributed by atoms with Crippen LogP contribution in [0.3, 0.4) is 0 Å². The largest absolute Gasteiger partial charge is 0.324 e. The van der Waals surface area contributed by atoms with Gasteiger partial charge in [0, 0.05) is 17.4 Å². The van der Waals surface area contributed by atoms with E-state index < -0.39 is 22.8 Å². The van der Waals surface area contributed by atoms with Gasteiger partial charge in [-0.3, -0.25) is 10.1 Å². The molecule has 0 aromatic carbocycles. The van der Waals surface area contributed by atoms with Gasteiger partial charge in [0.25, 0.3) is 5.92 Å². The molecule has 1 fully saturated rings. The SMILES string of the molecule is NC1(c2ccc([N+](=O)[O-])s2)CC1(F)F. The molecule has 2 N–H and O–H groups in total. The van der Waals surface area contributed by atoms with E-state index in [1.165, 1.54) is 12.1 Å². The van der Waals surface area contributed by atoms with Crippen molar-refractivity contribution in [2.75, 3.05) is 0 Å². The lowest BCUT2D eigenvalue weighted by Crippen LogP contribution is -2.25. The van der Waals surface area contributed by atoms with Crippen molar-refractivity contribution in [2.45, 2.75) is 17.9 Å². The number of rotatable bonds is 2. The molecule has 2 rings (SSSR count). The standard InChI is InChI=1S/C7H6F2N2O2S/c8-7(9)3-6(7,10)4-1-2-5(14-4)11(12)13/h1-2H,3,10H2. The van der Waals surface area contributed by atoms with Crippen LogP contribution in [-0.2, 0) is 5.54 Å². The summed E-state index contributed by atoms with van der Waals surface area (Å²) in [6, 6.07) is 2.49. The summed E-state index contributed by atoms with van der Waals surface area (Å²) in [4.78, 5) is 9.87. The highest BCUT2D eigenvalue weighted by Gasteiger charge is 2.70. The Morgan fingerprint density at radius 1 is 1.57 bits per heavy atom. The van der Waals surface area contributed by atoms with Crippen LogP contribution in [0.25, 0.3) is 0 Å². The molecule has 7 heteroatoms. The van der Waals surface area contributed by atoms with Gasteiger partial charge in [0.05, 0.1) is 4.92 Å². The third kappa shape index (κ3) is 1.12. The van der Waals surface area contributed by atoms with Crippen LogP contribution >= 0.6 is 11.3 Å². The van der Waals surface area contributed by atoms with Crippen LogP contribution in [0, 0.1) is 10.1 Å². The average Bonchev–Trinajstić information content (AvgIpc) is 2.53. The molecule has 0 amide bonds. The molecule has 1 unspecified atom stereocenters. The molecule has 76 valence electrons. The van der Waals surface area contributed by atoms with Crippen molar-refractivity contribution in [3.05, 3.63) is 27.1 Å². The Kier molecular flexibility index (Phi) is 1.68. The Hall–Kier alpha value is -1.08. The predicted octanol–water partition coefficient (Wildman–Crippen LogP) is 1.85. The van der Waals surface area contributed by atoms with Crippen LogP contribution < -0.4 is 5.73 Å². The van der Waals surface area contributed by atoms with Gasteiger partial charge in [-0.25, -0.2) is 8.78 Å². The molecule has 0 aliphatic heterocycles. The van der Waals surface area contributed by atoms with Crippen molar-refractivity contribution in [1.82, 2.24) is 0 Å². The number of nitrogens with zero attached hydrogens (tertiary/aromatic N) is 1. The van der Waals surface area contributed by atoms with Crippen LogP contribution in [0.2, 0.25) is 0 Å². The smallest absolute Gasteiger partial charge is 0.316 e. The topological polar surface area (TPSA) is 69.2 Å². The zero-order valence-electron chi connectivity index (χ0n) is 6.87. The fourth-order valence-electron chi connectivity index (χ4n) is 1.24. The zero-order chi connectivity index (χ0) is 10.6. The molecule has 1 aromatic rings. The molecule has 1 aromatic heterocycles. The first-order valence-corrected chi connectivity index (χ1v) is 4.60. The number of alkyl halides is 2. The van der Waals surface area contributed by atoms with Crippen molar-refractivity contribution in [3.8, 4) is 0 Å². The van der Waals surface area contributed by atoms with Gasteiger partial charge >= 0.3 is 5.00 Å². The van der Waals surface area contributed by atoms with Gasteiger partial charge in [0.15, 0.2) is 0 Å². The second kappa shape index (κ2) is 2.48. The van der Waals surface area contributed by atoms with Crippen molar-refractivity contribution in [2.24, 2.45) is 5.73 Å². The lowest BCUT2D eigenvalue weighted by Gasteiger charge is -2.05. The molecule has 0 spiro atoms. The van der Waals surface area contributed by atoms with Crippen molar-refractivity contribution >= 4 is 16.3 Å². The lowest BCUT2D eigenvalue weighted by molar-refractivity contribution is -0.380. The molecule has 4 nitrogen and oxygen atoms in total. The first kappa shape index (κ1) is 9.47. The monoisotopic (exact) mass is 220 g/mol. The first-order chi connectivity index (χ1) is 6.37. The van der Waals surface area contributed by atoms with E-state index in [2.05, 4.69) is 0 Å². The second-order valence-corrected chi connectivity index (χ2v) is 4.31. The molecule has 0 bridgehead atoms. The Morgan fingerprint density at radius 3 is 2.50 bits per heavy atom. The number of hydrogen-bond donors (Lipinski definition) is 1. The van der Waals surface area contributed by atoms with Gasteiger partial charge in [0.2, 0.25) is 0 Å². The van der Waals surface area contributed by atoms with E-state index in [1.54, 1.807) is 0 Å². The Bertz CT molecular complexity index is 406. The van der Waals surface area contributed by atoms with Crippen LogP contribution in [-0.4, -0.2) is 10.8 Å². The van der Waals surface area contributed by atoms with Gasteiger partial charge in [-0.2, -0.15) is 0 Å². The highest BCUT2D eigenvalue weighted by Crippen LogP contribution is 2.59. The molecule has 0 saturated heterocycles. The molecule has 1 aliphatic rings. The van der Waals surface area contributed by atoms with Crippen molar-refractivity contribution in [1.29, 1.82) is 0 Å². The number of halogens is 2. The lowest BCUT2D eigenvalue weighted by atomic mass is 10.2. The summed E-state index contributed by atoms with van der Waals surface area (Å²) < 4.78 is 25.6. The number of hydrogen-bond acceptors (Lipinski definition) is 4.